The van der Waals surface area contributed by atoms with Crippen LogP contribution in [0.3, 0.4) is 0 Å². The quantitative estimate of drug-likeness (QED) is 0.848. The van der Waals surface area contributed by atoms with E-state index in [0.29, 0.717) is 29.1 Å². The molecule has 26 heavy (non-hydrogen) atoms. The molecule has 0 aromatic heterocycles. The number of carbonyl (C=O) groups is 1. The molecule has 1 aromatic carbocycles. The molecule has 144 valence electrons. The fourth-order valence-electron chi connectivity index (χ4n) is 3.49. The maximum absolute atomic E-state index is 12.5. The number of benzene rings is 1. The highest BCUT2D eigenvalue weighted by molar-refractivity contribution is 6.32. The molecule has 2 saturated heterocycles. The predicted molar refractivity (Wildman–Crippen MR) is 103 cm³/mol. The monoisotopic (exact) mass is 381 g/mol. The lowest BCUT2D eigenvalue weighted by atomic mass is 10.0. The van der Waals surface area contributed by atoms with Gasteiger partial charge in [0.25, 0.3) is 0 Å². The second-order valence-electron chi connectivity index (χ2n) is 6.79. The first kappa shape index (κ1) is 19.3. The fourth-order valence-corrected chi connectivity index (χ4v) is 3.72. The van der Waals surface area contributed by atoms with Crippen LogP contribution in [0.15, 0.2) is 18.2 Å². The summed E-state index contributed by atoms with van der Waals surface area (Å²) in [5, 5.41) is 3.46. The van der Waals surface area contributed by atoms with E-state index < -0.39 is 0 Å². The molecular weight excluding hydrogens is 354 g/mol. The van der Waals surface area contributed by atoms with Gasteiger partial charge in [0.15, 0.2) is 0 Å². The van der Waals surface area contributed by atoms with Crippen LogP contribution < -0.4 is 10.1 Å². The Morgan fingerprint density at radius 3 is 2.65 bits per heavy atom. The molecule has 0 spiro atoms. The van der Waals surface area contributed by atoms with Crippen molar-refractivity contribution in [3.05, 3.63) is 23.2 Å². The zero-order valence-corrected chi connectivity index (χ0v) is 16.1. The number of anilines is 1. The number of halogens is 1. The van der Waals surface area contributed by atoms with Crippen LogP contribution in [0.4, 0.5) is 10.5 Å². The number of likely N-dealkylation sites (tertiary alicyclic amines) is 1. The number of piperidine rings is 1. The van der Waals surface area contributed by atoms with E-state index in [0.717, 1.165) is 58.7 Å². The van der Waals surface area contributed by atoms with Crippen molar-refractivity contribution in [2.24, 2.45) is 0 Å². The number of carbonyl (C=O) groups excluding carboxylic acids is 1. The molecule has 0 radical (unpaired) electrons. The highest BCUT2D eigenvalue weighted by Gasteiger charge is 2.27. The topological polar surface area (TPSA) is 54.0 Å². The number of ether oxygens (including phenoxy) is 2. The van der Waals surface area contributed by atoms with Crippen LogP contribution in [0, 0.1) is 0 Å². The number of morpholine rings is 1. The first-order chi connectivity index (χ1) is 12.7. The summed E-state index contributed by atoms with van der Waals surface area (Å²) in [6, 6.07) is 5.87. The van der Waals surface area contributed by atoms with Gasteiger partial charge in [0, 0.05) is 37.9 Å². The number of urea groups is 1. The minimum atomic E-state index is -0.0660. The Morgan fingerprint density at radius 2 is 2.00 bits per heavy atom. The van der Waals surface area contributed by atoms with Gasteiger partial charge in [-0.15, -0.1) is 0 Å². The highest BCUT2D eigenvalue weighted by atomic mass is 35.5. The third kappa shape index (κ3) is 5.02. The molecule has 6 nitrogen and oxygen atoms in total. The summed E-state index contributed by atoms with van der Waals surface area (Å²) in [4.78, 5) is 16.9. The molecule has 2 aliphatic rings. The Hall–Kier alpha value is -1.50. The molecule has 1 N–H and O–H groups in total. The van der Waals surface area contributed by atoms with Gasteiger partial charge in [-0.2, -0.15) is 0 Å². The van der Waals surface area contributed by atoms with Crippen LogP contribution in [0.2, 0.25) is 5.02 Å². The number of hydrogen-bond acceptors (Lipinski definition) is 4. The number of hydrogen-bond donors (Lipinski definition) is 1. The van der Waals surface area contributed by atoms with Crippen LogP contribution in [-0.2, 0) is 4.74 Å². The van der Waals surface area contributed by atoms with Crippen LogP contribution in [0.1, 0.15) is 26.2 Å². The summed E-state index contributed by atoms with van der Waals surface area (Å²) in [7, 11) is 0. The molecule has 0 bridgehead atoms. The summed E-state index contributed by atoms with van der Waals surface area (Å²) in [6.45, 7) is 7.87. The average molecular weight is 382 g/mol. The molecule has 2 fully saturated rings. The van der Waals surface area contributed by atoms with E-state index in [1.807, 2.05) is 17.9 Å². The summed E-state index contributed by atoms with van der Waals surface area (Å²) in [5.41, 5.74) is 0.694. The van der Waals surface area contributed by atoms with Crippen LogP contribution >= 0.6 is 11.6 Å². The first-order valence-corrected chi connectivity index (χ1v) is 9.85. The van der Waals surface area contributed by atoms with Gasteiger partial charge in [0.2, 0.25) is 0 Å². The minimum absolute atomic E-state index is 0.0660. The zero-order chi connectivity index (χ0) is 18.4. The van der Waals surface area contributed by atoms with E-state index in [9.17, 15) is 4.79 Å². The standard InChI is InChI=1S/C19H28ClN3O3/c1-2-11-26-18-4-3-15(14-17(18)20)21-19(24)23-7-5-16(6-8-23)22-9-12-25-13-10-22/h3-4,14,16H,2,5-13H2,1H3,(H,21,24). The lowest BCUT2D eigenvalue weighted by molar-refractivity contribution is 0.00419. The molecule has 2 aliphatic heterocycles. The van der Waals surface area contributed by atoms with Gasteiger partial charge in [-0.1, -0.05) is 18.5 Å². The normalized spacial score (nSPS) is 19.4. The van der Waals surface area contributed by atoms with Crippen molar-refractivity contribution in [2.75, 3.05) is 51.3 Å². The predicted octanol–water partition coefficient (Wildman–Crippen LogP) is 3.46. The van der Waals surface area contributed by atoms with Gasteiger partial charge in [0.1, 0.15) is 5.75 Å². The SMILES string of the molecule is CCCOc1ccc(NC(=O)N2CCC(N3CCOCC3)CC2)cc1Cl. The Labute approximate surface area is 160 Å². The van der Waals surface area contributed by atoms with Crippen molar-refractivity contribution in [2.45, 2.75) is 32.2 Å². The van der Waals surface area contributed by atoms with Gasteiger partial charge in [-0.3, -0.25) is 4.90 Å². The third-order valence-corrected chi connectivity index (χ3v) is 5.25. The second kappa shape index (κ2) is 9.44. The number of amides is 2. The zero-order valence-electron chi connectivity index (χ0n) is 15.4. The molecule has 2 amide bonds. The van der Waals surface area contributed by atoms with Gasteiger partial charge in [0.05, 0.1) is 24.8 Å². The Bertz CT molecular complexity index is 600. The summed E-state index contributed by atoms with van der Waals surface area (Å²) in [5.74, 6) is 0.651. The summed E-state index contributed by atoms with van der Waals surface area (Å²) >= 11 is 6.23. The molecule has 3 rings (SSSR count). The van der Waals surface area contributed by atoms with E-state index >= 15 is 0 Å². The number of nitrogens with one attached hydrogen (secondary N) is 1. The lowest BCUT2D eigenvalue weighted by Crippen LogP contribution is -2.50. The maximum atomic E-state index is 12.5. The minimum Gasteiger partial charge on any atom is -0.492 e. The van der Waals surface area contributed by atoms with Gasteiger partial charge >= 0.3 is 6.03 Å². The molecule has 7 heteroatoms. The Kier molecular flexibility index (Phi) is 7.00. The van der Waals surface area contributed by atoms with Crippen molar-refractivity contribution in [3.63, 3.8) is 0 Å². The molecule has 0 atom stereocenters. The molecule has 2 heterocycles. The van der Waals surface area contributed by atoms with Crippen LogP contribution in [-0.4, -0.2) is 67.9 Å². The van der Waals surface area contributed by atoms with Crippen molar-refractivity contribution < 1.29 is 14.3 Å². The molecular formula is C19H28ClN3O3. The lowest BCUT2D eigenvalue weighted by Gasteiger charge is -2.40. The van der Waals surface area contributed by atoms with E-state index in [-0.39, 0.29) is 6.03 Å². The van der Waals surface area contributed by atoms with Crippen molar-refractivity contribution >= 4 is 23.3 Å². The van der Waals surface area contributed by atoms with Gasteiger partial charge in [-0.25, -0.2) is 4.79 Å². The van der Waals surface area contributed by atoms with E-state index in [4.69, 9.17) is 21.1 Å². The number of nitrogens with zero attached hydrogens (tertiary/aromatic N) is 2. The Balaban J connectivity index is 1.48. The number of rotatable bonds is 5. The average Bonchev–Trinajstić information content (AvgIpc) is 2.68. The first-order valence-electron chi connectivity index (χ1n) is 9.47. The molecule has 0 aliphatic carbocycles. The summed E-state index contributed by atoms with van der Waals surface area (Å²) in [6.07, 6.45) is 2.95. The summed E-state index contributed by atoms with van der Waals surface area (Å²) < 4.78 is 11.0. The molecule has 1 aromatic rings. The third-order valence-electron chi connectivity index (χ3n) is 4.96. The highest BCUT2D eigenvalue weighted by Crippen LogP contribution is 2.28. The van der Waals surface area contributed by atoms with Gasteiger partial charge < -0.3 is 19.7 Å². The molecule has 0 saturated carbocycles. The van der Waals surface area contributed by atoms with Crippen molar-refractivity contribution in [1.82, 2.24) is 9.80 Å². The van der Waals surface area contributed by atoms with E-state index in [1.165, 1.54) is 0 Å². The van der Waals surface area contributed by atoms with Crippen molar-refractivity contribution in [3.8, 4) is 5.75 Å². The second-order valence-corrected chi connectivity index (χ2v) is 7.20. The van der Waals surface area contributed by atoms with Crippen LogP contribution in [0.5, 0.6) is 5.75 Å². The van der Waals surface area contributed by atoms with Crippen molar-refractivity contribution in [1.29, 1.82) is 0 Å². The molecule has 0 unspecified atom stereocenters. The maximum Gasteiger partial charge on any atom is 0.321 e. The van der Waals surface area contributed by atoms with E-state index in [2.05, 4.69) is 10.2 Å². The Morgan fingerprint density at radius 1 is 1.27 bits per heavy atom. The fraction of sp³-hybridized carbons (Fsp3) is 0.632. The van der Waals surface area contributed by atoms with E-state index in [1.54, 1.807) is 12.1 Å². The van der Waals surface area contributed by atoms with Gasteiger partial charge in [-0.05, 0) is 37.5 Å². The smallest absolute Gasteiger partial charge is 0.321 e. The largest absolute Gasteiger partial charge is 0.492 e. The van der Waals surface area contributed by atoms with Crippen LogP contribution in [0.25, 0.3) is 0 Å².